The Balaban J connectivity index is 2.83. The number of fused-ring (bicyclic) bond motifs is 1. The average molecular weight is 231 g/mol. The topological polar surface area (TPSA) is 26.0 Å². The molecule has 0 saturated heterocycles. The van der Waals surface area contributed by atoms with Gasteiger partial charge in [0.25, 0.3) is 6.43 Å². The van der Waals surface area contributed by atoms with Crippen LogP contribution in [-0.4, -0.2) is 0 Å². The van der Waals surface area contributed by atoms with Crippen LogP contribution in [0, 0.1) is 0 Å². The minimum absolute atomic E-state index is 0.0208. The number of thiophene rings is 1. The lowest BCUT2D eigenvalue weighted by atomic mass is 10.1. The van der Waals surface area contributed by atoms with E-state index in [4.69, 9.17) is 5.73 Å². The highest BCUT2D eigenvalue weighted by atomic mass is 32.1. The van der Waals surface area contributed by atoms with Gasteiger partial charge in [-0.05, 0) is 6.07 Å². The van der Waals surface area contributed by atoms with Crippen LogP contribution in [0.4, 0.5) is 14.5 Å². The Bertz CT molecular complexity index is 479. The zero-order chi connectivity index (χ0) is 10.3. The van der Waals surface area contributed by atoms with Crippen molar-refractivity contribution in [1.82, 2.24) is 0 Å². The number of nitrogens with two attached hydrogens (primary N) is 1. The van der Waals surface area contributed by atoms with E-state index in [-0.39, 0.29) is 5.56 Å². The van der Waals surface area contributed by atoms with E-state index < -0.39 is 6.43 Å². The maximum atomic E-state index is 12.7. The van der Waals surface area contributed by atoms with Gasteiger partial charge in [-0.25, -0.2) is 8.78 Å². The molecule has 0 bridgehead atoms. The van der Waals surface area contributed by atoms with Crippen molar-refractivity contribution >= 4 is 39.7 Å². The third kappa shape index (κ3) is 1.36. The Morgan fingerprint density at radius 1 is 1.36 bits per heavy atom. The predicted octanol–water partition coefficient (Wildman–Crippen LogP) is 3.71. The van der Waals surface area contributed by atoms with Crippen molar-refractivity contribution in [3.05, 3.63) is 23.1 Å². The average Bonchev–Trinajstić information content (AvgIpc) is 2.47. The van der Waals surface area contributed by atoms with Crippen LogP contribution >= 0.6 is 24.0 Å². The molecule has 2 aromatic rings. The molecule has 0 radical (unpaired) electrons. The van der Waals surface area contributed by atoms with Crippen molar-refractivity contribution in [2.45, 2.75) is 11.3 Å². The molecule has 0 spiro atoms. The van der Waals surface area contributed by atoms with E-state index in [2.05, 4.69) is 12.6 Å². The summed E-state index contributed by atoms with van der Waals surface area (Å²) in [4.78, 5) is 0.314. The summed E-state index contributed by atoms with van der Waals surface area (Å²) in [5, 5.41) is 2.35. The molecular weight excluding hydrogens is 224 g/mol. The molecule has 0 amide bonds. The molecular formula is C9H7F2NS2. The highest BCUT2D eigenvalue weighted by Crippen LogP contribution is 2.38. The summed E-state index contributed by atoms with van der Waals surface area (Å²) < 4.78 is 25.9. The molecule has 14 heavy (non-hydrogen) atoms. The van der Waals surface area contributed by atoms with Gasteiger partial charge in [-0.15, -0.1) is 24.0 Å². The van der Waals surface area contributed by atoms with E-state index in [0.29, 0.717) is 20.7 Å². The van der Waals surface area contributed by atoms with Crippen LogP contribution in [0.1, 0.15) is 12.0 Å². The molecule has 74 valence electrons. The van der Waals surface area contributed by atoms with E-state index in [1.165, 1.54) is 11.3 Å². The first-order valence-corrected chi connectivity index (χ1v) is 5.20. The zero-order valence-electron chi connectivity index (χ0n) is 7.00. The van der Waals surface area contributed by atoms with Gasteiger partial charge in [0.05, 0.1) is 5.69 Å². The van der Waals surface area contributed by atoms with E-state index in [1.807, 2.05) is 0 Å². The van der Waals surface area contributed by atoms with E-state index >= 15 is 0 Å². The SMILES string of the molecule is Nc1csc2c(C(F)F)c(S)ccc12. The van der Waals surface area contributed by atoms with Gasteiger partial charge < -0.3 is 5.73 Å². The summed E-state index contributed by atoms with van der Waals surface area (Å²) in [6, 6.07) is 3.27. The summed E-state index contributed by atoms with van der Waals surface area (Å²) in [6.45, 7) is 0. The van der Waals surface area contributed by atoms with E-state index in [9.17, 15) is 8.78 Å². The Labute approximate surface area is 88.9 Å². The quantitative estimate of drug-likeness (QED) is 0.719. The minimum Gasteiger partial charge on any atom is -0.398 e. The number of benzene rings is 1. The van der Waals surface area contributed by atoms with Crippen LogP contribution in [0.5, 0.6) is 0 Å². The lowest BCUT2D eigenvalue weighted by Gasteiger charge is -2.04. The maximum absolute atomic E-state index is 12.7. The lowest BCUT2D eigenvalue weighted by Crippen LogP contribution is -1.88. The van der Waals surface area contributed by atoms with E-state index in [0.717, 1.165) is 0 Å². The summed E-state index contributed by atoms with van der Waals surface area (Å²) in [5.74, 6) is 0. The molecule has 0 saturated carbocycles. The van der Waals surface area contributed by atoms with Crippen LogP contribution in [0.25, 0.3) is 10.1 Å². The summed E-state index contributed by atoms with van der Waals surface area (Å²) in [6.07, 6.45) is -2.51. The molecule has 1 aromatic carbocycles. The third-order valence-corrected chi connectivity index (χ3v) is 3.44. The number of anilines is 1. The van der Waals surface area contributed by atoms with Crippen molar-refractivity contribution in [1.29, 1.82) is 0 Å². The first-order valence-electron chi connectivity index (χ1n) is 3.88. The van der Waals surface area contributed by atoms with Crippen LogP contribution in [-0.2, 0) is 0 Å². The van der Waals surface area contributed by atoms with Gasteiger partial charge in [0.2, 0.25) is 0 Å². The summed E-state index contributed by atoms with van der Waals surface area (Å²) in [5.41, 5.74) is 6.16. The Morgan fingerprint density at radius 3 is 2.71 bits per heavy atom. The number of rotatable bonds is 1. The number of nitrogen functional groups attached to an aromatic ring is 1. The molecule has 0 aliphatic carbocycles. The summed E-state index contributed by atoms with van der Waals surface area (Å²) in [7, 11) is 0. The van der Waals surface area contributed by atoms with Crippen molar-refractivity contribution < 1.29 is 8.78 Å². The number of hydrogen-bond donors (Lipinski definition) is 2. The number of hydrogen-bond acceptors (Lipinski definition) is 3. The van der Waals surface area contributed by atoms with Gasteiger partial charge in [-0.1, -0.05) is 6.07 Å². The minimum atomic E-state index is -2.51. The van der Waals surface area contributed by atoms with Gasteiger partial charge in [0.15, 0.2) is 0 Å². The van der Waals surface area contributed by atoms with Gasteiger partial charge >= 0.3 is 0 Å². The largest absolute Gasteiger partial charge is 0.398 e. The van der Waals surface area contributed by atoms with Gasteiger partial charge in [0, 0.05) is 25.9 Å². The molecule has 0 atom stereocenters. The Kier molecular flexibility index (Phi) is 2.36. The van der Waals surface area contributed by atoms with Crippen LogP contribution < -0.4 is 5.73 Å². The van der Waals surface area contributed by atoms with Crippen molar-refractivity contribution in [2.75, 3.05) is 5.73 Å². The second-order valence-corrected chi connectivity index (χ2v) is 4.23. The fourth-order valence-corrected chi connectivity index (χ4v) is 2.71. The number of thiol groups is 1. The first-order chi connectivity index (χ1) is 6.61. The number of alkyl halides is 2. The third-order valence-electron chi connectivity index (χ3n) is 2.01. The normalized spacial score (nSPS) is 11.4. The monoisotopic (exact) mass is 231 g/mol. The predicted molar refractivity (Wildman–Crippen MR) is 58.4 cm³/mol. The van der Waals surface area contributed by atoms with Gasteiger partial charge in [-0.2, -0.15) is 0 Å². The van der Waals surface area contributed by atoms with Crippen molar-refractivity contribution in [3.63, 3.8) is 0 Å². The molecule has 1 nitrogen and oxygen atoms in total. The molecule has 0 aliphatic rings. The molecule has 5 heteroatoms. The second kappa shape index (κ2) is 3.40. The zero-order valence-corrected chi connectivity index (χ0v) is 8.71. The standard InChI is InChI=1S/C9H7F2NS2/c10-9(11)7-6(13)2-1-4-5(12)3-14-8(4)7/h1-3,9,13H,12H2. The lowest BCUT2D eigenvalue weighted by molar-refractivity contribution is 0.150. The maximum Gasteiger partial charge on any atom is 0.266 e. The Morgan fingerprint density at radius 2 is 2.07 bits per heavy atom. The molecule has 0 unspecified atom stereocenters. The van der Waals surface area contributed by atoms with Crippen LogP contribution in [0.2, 0.25) is 0 Å². The molecule has 2 N–H and O–H groups in total. The molecule has 0 fully saturated rings. The molecule has 1 aromatic heterocycles. The molecule has 0 aliphatic heterocycles. The fraction of sp³-hybridized carbons (Fsp3) is 0.111. The molecule has 2 rings (SSSR count). The summed E-state index contributed by atoms with van der Waals surface area (Å²) >= 11 is 5.24. The second-order valence-electron chi connectivity index (χ2n) is 2.87. The Hall–Kier alpha value is -0.810. The van der Waals surface area contributed by atoms with Crippen LogP contribution in [0.3, 0.4) is 0 Å². The smallest absolute Gasteiger partial charge is 0.266 e. The highest BCUT2D eigenvalue weighted by Gasteiger charge is 2.17. The van der Waals surface area contributed by atoms with E-state index in [1.54, 1.807) is 17.5 Å². The number of halogens is 2. The van der Waals surface area contributed by atoms with Crippen molar-refractivity contribution in [3.8, 4) is 0 Å². The van der Waals surface area contributed by atoms with Gasteiger partial charge in [0.1, 0.15) is 0 Å². The highest BCUT2D eigenvalue weighted by molar-refractivity contribution is 7.80. The first kappa shape index (κ1) is 9.73. The van der Waals surface area contributed by atoms with Crippen molar-refractivity contribution in [2.24, 2.45) is 0 Å². The fourth-order valence-electron chi connectivity index (χ4n) is 1.34. The van der Waals surface area contributed by atoms with Crippen LogP contribution in [0.15, 0.2) is 22.4 Å². The molecule has 1 heterocycles. The van der Waals surface area contributed by atoms with Gasteiger partial charge in [-0.3, -0.25) is 0 Å².